The zero-order valence-corrected chi connectivity index (χ0v) is 19.3. The molecule has 2 heterocycles. The number of hydrogen-bond donors (Lipinski definition) is 0. The van der Waals surface area contributed by atoms with Gasteiger partial charge in [-0.2, -0.15) is 0 Å². The van der Waals surface area contributed by atoms with Crippen molar-refractivity contribution in [1.82, 2.24) is 9.55 Å². The first-order valence-corrected chi connectivity index (χ1v) is 12.8. The molecule has 0 spiro atoms. The second-order valence-corrected chi connectivity index (χ2v) is 14.5. The third kappa shape index (κ3) is 3.66. The SMILES string of the molecule is CC(C)(C)[Si](C)(C)Oc1ccc(Cl)c(Cl)c1C1Cc2nc(Br)cn2C1. The number of imidazole rings is 1. The van der Waals surface area contributed by atoms with Crippen molar-refractivity contribution in [2.45, 2.75) is 57.8 Å². The smallest absolute Gasteiger partial charge is 0.250 e. The topological polar surface area (TPSA) is 27.1 Å². The monoisotopic (exact) mass is 460 g/mol. The van der Waals surface area contributed by atoms with Gasteiger partial charge in [0, 0.05) is 30.6 Å². The van der Waals surface area contributed by atoms with E-state index in [4.69, 9.17) is 27.6 Å². The van der Waals surface area contributed by atoms with Crippen LogP contribution in [0.2, 0.25) is 28.2 Å². The number of halogens is 3. The Morgan fingerprint density at radius 1 is 1.28 bits per heavy atom. The molecule has 1 aromatic heterocycles. The number of rotatable bonds is 3. The van der Waals surface area contributed by atoms with E-state index in [1.165, 1.54) is 0 Å². The van der Waals surface area contributed by atoms with E-state index in [9.17, 15) is 0 Å². The van der Waals surface area contributed by atoms with Gasteiger partial charge in [0.15, 0.2) is 0 Å². The Morgan fingerprint density at radius 3 is 2.56 bits per heavy atom. The molecule has 0 radical (unpaired) electrons. The number of hydrogen-bond acceptors (Lipinski definition) is 2. The number of fused-ring (bicyclic) bond motifs is 1. The van der Waals surface area contributed by atoms with Crippen molar-refractivity contribution >= 4 is 47.4 Å². The first-order chi connectivity index (χ1) is 11.5. The van der Waals surface area contributed by atoms with Gasteiger partial charge in [0.1, 0.15) is 16.2 Å². The summed E-state index contributed by atoms with van der Waals surface area (Å²) in [7, 11) is -1.97. The Hall–Kier alpha value is -0.493. The molecule has 136 valence electrons. The van der Waals surface area contributed by atoms with Crippen LogP contribution >= 0.6 is 39.1 Å². The molecular weight excluding hydrogens is 439 g/mol. The van der Waals surface area contributed by atoms with Crippen molar-refractivity contribution in [3.63, 3.8) is 0 Å². The molecule has 1 aliphatic rings. The zero-order valence-electron chi connectivity index (χ0n) is 15.2. The first-order valence-electron chi connectivity index (χ1n) is 8.38. The van der Waals surface area contributed by atoms with Gasteiger partial charge in [-0.15, -0.1) is 0 Å². The molecule has 0 saturated carbocycles. The lowest BCUT2D eigenvalue weighted by atomic mass is 9.96. The van der Waals surface area contributed by atoms with E-state index in [0.29, 0.717) is 10.0 Å². The summed E-state index contributed by atoms with van der Waals surface area (Å²) in [6.45, 7) is 12.0. The van der Waals surface area contributed by atoms with Crippen LogP contribution in [0.25, 0.3) is 0 Å². The molecule has 3 nitrogen and oxygen atoms in total. The van der Waals surface area contributed by atoms with Gasteiger partial charge in [-0.05, 0) is 46.2 Å². The van der Waals surface area contributed by atoms with Crippen LogP contribution in [-0.2, 0) is 13.0 Å². The van der Waals surface area contributed by atoms with E-state index < -0.39 is 8.32 Å². The molecule has 0 fully saturated rings. The highest BCUT2D eigenvalue weighted by Crippen LogP contribution is 2.45. The van der Waals surface area contributed by atoms with Gasteiger partial charge < -0.3 is 8.99 Å². The molecule has 1 unspecified atom stereocenters. The predicted molar refractivity (Wildman–Crippen MR) is 111 cm³/mol. The third-order valence-corrected chi connectivity index (χ3v) is 10.9. The Kier molecular flexibility index (Phi) is 5.08. The highest BCUT2D eigenvalue weighted by atomic mass is 79.9. The highest BCUT2D eigenvalue weighted by Gasteiger charge is 2.40. The quantitative estimate of drug-likeness (QED) is 0.476. The minimum atomic E-state index is -1.97. The van der Waals surface area contributed by atoms with E-state index in [1.807, 2.05) is 18.3 Å². The largest absolute Gasteiger partial charge is 0.543 e. The Balaban J connectivity index is 1.99. The summed E-state index contributed by atoms with van der Waals surface area (Å²) in [6, 6.07) is 3.81. The molecule has 2 aromatic rings. The van der Waals surface area contributed by atoms with Crippen molar-refractivity contribution in [2.75, 3.05) is 0 Å². The highest BCUT2D eigenvalue weighted by molar-refractivity contribution is 9.10. The van der Waals surface area contributed by atoms with E-state index in [-0.39, 0.29) is 11.0 Å². The maximum atomic E-state index is 6.63. The molecule has 7 heteroatoms. The second-order valence-electron chi connectivity index (χ2n) is 8.17. The molecule has 1 aliphatic heterocycles. The van der Waals surface area contributed by atoms with Crippen LogP contribution in [0.3, 0.4) is 0 Å². The minimum Gasteiger partial charge on any atom is -0.543 e. The summed E-state index contributed by atoms with van der Waals surface area (Å²) in [6.07, 6.45) is 2.85. The first kappa shape index (κ1) is 19.3. The third-order valence-electron chi connectivity index (χ3n) is 5.35. The average molecular weight is 462 g/mol. The van der Waals surface area contributed by atoms with Gasteiger partial charge in [0.05, 0.1) is 10.0 Å². The molecule has 0 N–H and O–H groups in total. The summed E-state index contributed by atoms with van der Waals surface area (Å²) in [4.78, 5) is 4.53. The molecule has 0 aliphatic carbocycles. The Bertz CT molecular complexity index is 791. The van der Waals surface area contributed by atoms with E-state index in [0.717, 1.165) is 34.7 Å². The molecule has 0 saturated heterocycles. The Labute approximate surface area is 168 Å². The van der Waals surface area contributed by atoms with Crippen LogP contribution in [0.15, 0.2) is 22.9 Å². The molecule has 1 aromatic carbocycles. The normalized spacial score (nSPS) is 17.7. The van der Waals surface area contributed by atoms with Crippen LogP contribution in [0, 0.1) is 0 Å². The number of nitrogens with zero attached hydrogens (tertiary/aromatic N) is 2. The molecule has 1 atom stereocenters. The summed E-state index contributed by atoms with van der Waals surface area (Å²) in [5.74, 6) is 2.16. The Morgan fingerprint density at radius 2 is 1.96 bits per heavy atom. The molecule has 3 rings (SSSR count). The standard InChI is InChI=1S/C18H23BrCl2N2OSi/c1-18(2,3)25(4,5)24-13-7-6-12(20)17(21)16(13)11-8-15-22-14(19)10-23(15)9-11/h6-7,10-11H,8-9H2,1-5H3. The van der Waals surface area contributed by atoms with Crippen LogP contribution in [0.5, 0.6) is 5.75 Å². The van der Waals surface area contributed by atoms with Crippen molar-refractivity contribution in [3.05, 3.63) is 44.4 Å². The summed E-state index contributed by atoms with van der Waals surface area (Å²) >= 11 is 16.4. The van der Waals surface area contributed by atoms with Crippen LogP contribution in [0.4, 0.5) is 0 Å². The molecule has 25 heavy (non-hydrogen) atoms. The summed E-state index contributed by atoms with van der Waals surface area (Å²) < 4.78 is 9.64. The van der Waals surface area contributed by atoms with E-state index in [2.05, 4.69) is 59.3 Å². The maximum Gasteiger partial charge on any atom is 0.250 e. The van der Waals surface area contributed by atoms with Gasteiger partial charge in [0.2, 0.25) is 8.32 Å². The second kappa shape index (κ2) is 6.59. The van der Waals surface area contributed by atoms with Gasteiger partial charge in [0.25, 0.3) is 0 Å². The minimum absolute atomic E-state index is 0.115. The van der Waals surface area contributed by atoms with Crippen LogP contribution < -0.4 is 4.43 Å². The number of aromatic nitrogens is 2. The fourth-order valence-electron chi connectivity index (χ4n) is 2.90. The molecular formula is C18H23BrCl2N2OSi. The average Bonchev–Trinajstić information content (AvgIpc) is 2.98. The van der Waals surface area contributed by atoms with Crippen LogP contribution in [-0.4, -0.2) is 17.9 Å². The van der Waals surface area contributed by atoms with E-state index >= 15 is 0 Å². The fraction of sp³-hybridized carbons (Fsp3) is 0.500. The van der Waals surface area contributed by atoms with Crippen molar-refractivity contribution in [3.8, 4) is 5.75 Å². The maximum absolute atomic E-state index is 6.63. The lowest BCUT2D eigenvalue weighted by Gasteiger charge is -2.37. The predicted octanol–water partition coefficient (Wildman–Crippen LogP) is 6.68. The summed E-state index contributed by atoms with van der Waals surface area (Å²) in [5.41, 5.74) is 1.01. The molecule has 0 bridgehead atoms. The van der Waals surface area contributed by atoms with Crippen molar-refractivity contribution < 1.29 is 4.43 Å². The summed E-state index contributed by atoms with van der Waals surface area (Å²) in [5, 5.41) is 1.29. The van der Waals surface area contributed by atoms with Gasteiger partial charge in [-0.1, -0.05) is 44.0 Å². The number of benzene rings is 1. The van der Waals surface area contributed by atoms with Crippen LogP contribution in [0.1, 0.15) is 38.1 Å². The van der Waals surface area contributed by atoms with Crippen molar-refractivity contribution in [2.24, 2.45) is 0 Å². The van der Waals surface area contributed by atoms with Gasteiger partial charge in [-0.3, -0.25) is 0 Å². The van der Waals surface area contributed by atoms with E-state index in [1.54, 1.807) is 0 Å². The molecule has 0 amide bonds. The lowest BCUT2D eigenvalue weighted by molar-refractivity contribution is 0.479. The fourth-order valence-corrected chi connectivity index (χ4v) is 4.86. The van der Waals surface area contributed by atoms with Gasteiger partial charge in [-0.25, -0.2) is 4.98 Å². The van der Waals surface area contributed by atoms with Crippen molar-refractivity contribution in [1.29, 1.82) is 0 Å². The lowest BCUT2D eigenvalue weighted by Crippen LogP contribution is -2.44. The zero-order chi connectivity index (χ0) is 18.6. The van der Waals surface area contributed by atoms with Gasteiger partial charge >= 0.3 is 0 Å².